The zero-order valence-electron chi connectivity index (χ0n) is 32.3. The number of fused-ring (bicyclic) bond motifs is 7. The standard InChI is InChI=1S/C57H38N2/c1-2-16-44(17-3-1)59-54-25-13-12-24-53(54)58-57(59)39-29-27-38(28-30-39)55-47-20-8-10-22-49(47)56(50-23-11-9-21-48(50)55)43-33-32-42-35-51(45-18-6-7-19-46(45)52(42)36-43)41-31-26-37-14-4-5-15-40(37)34-41/h1-36,57-58H. The summed E-state index contributed by atoms with van der Waals surface area (Å²) in [4.78, 5) is 2.40. The molecule has 0 aliphatic carbocycles. The quantitative estimate of drug-likeness (QED) is 0.139. The summed E-state index contributed by atoms with van der Waals surface area (Å²) in [5.41, 5.74) is 12.2. The fraction of sp³-hybridized carbons (Fsp3) is 0.0175. The number of para-hydroxylation sites is 3. The Kier molecular flexibility index (Phi) is 7.64. The van der Waals surface area contributed by atoms with E-state index in [4.69, 9.17) is 0 Å². The van der Waals surface area contributed by atoms with Crippen LogP contribution >= 0.6 is 0 Å². The summed E-state index contributed by atoms with van der Waals surface area (Å²) in [6.07, 6.45) is -0.0210. The van der Waals surface area contributed by atoms with Gasteiger partial charge in [0.05, 0.1) is 11.4 Å². The van der Waals surface area contributed by atoms with Crippen LogP contribution < -0.4 is 10.2 Å². The molecular formula is C57H38N2. The van der Waals surface area contributed by atoms with Crippen LogP contribution in [0.4, 0.5) is 17.1 Å². The summed E-state index contributed by atoms with van der Waals surface area (Å²) >= 11 is 0. The minimum atomic E-state index is -0.0210. The largest absolute Gasteiger partial charge is 0.359 e. The van der Waals surface area contributed by atoms with E-state index in [0.29, 0.717) is 0 Å². The van der Waals surface area contributed by atoms with E-state index >= 15 is 0 Å². The molecule has 1 unspecified atom stereocenters. The SMILES string of the molecule is c1ccc(N2c3ccccc3NC2c2ccc(-c3c4ccccc4c(-c4ccc5cc(-c6ccc7ccccc7c6)c6ccccc6c5c4)c4ccccc34)cc2)cc1. The Bertz CT molecular complexity index is 3360. The van der Waals surface area contributed by atoms with Crippen molar-refractivity contribution in [2.75, 3.05) is 10.2 Å². The lowest BCUT2D eigenvalue weighted by Crippen LogP contribution is -2.23. The van der Waals surface area contributed by atoms with Gasteiger partial charge in [-0.3, -0.25) is 0 Å². The molecule has 0 radical (unpaired) electrons. The average molecular weight is 751 g/mol. The number of anilines is 3. The van der Waals surface area contributed by atoms with Gasteiger partial charge in [-0.1, -0.05) is 176 Å². The van der Waals surface area contributed by atoms with E-state index in [-0.39, 0.29) is 6.17 Å². The minimum Gasteiger partial charge on any atom is -0.359 e. The number of hydrogen-bond donors (Lipinski definition) is 1. The minimum absolute atomic E-state index is 0.0210. The van der Waals surface area contributed by atoms with Crippen LogP contribution in [0, 0.1) is 0 Å². The fourth-order valence-electron chi connectivity index (χ4n) is 9.70. The van der Waals surface area contributed by atoms with Crippen LogP contribution in [0.1, 0.15) is 11.7 Å². The predicted molar refractivity (Wildman–Crippen MR) is 252 cm³/mol. The Morgan fingerprint density at radius 3 is 1.61 bits per heavy atom. The third-order valence-corrected chi connectivity index (χ3v) is 12.4. The van der Waals surface area contributed by atoms with Gasteiger partial charge in [0.2, 0.25) is 0 Å². The summed E-state index contributed by atoms with van der Waals surface area (Å²) in [5.74, 6) is 0. The highest BCUT2D eigenvalue weighted by atomic mass is 15.3. The Balaban J connectivity index is 0.997. The lowest BCUT2D eigenvalue weighted by molar-refractivity contribution is 0.828. The summed E-state index contributed by atoms with van der Waals surface area (Å²) in [7, 11) is 0. The topological polar surface area (TPSA) is 15.3 Å². The zero-order chi connectivity index (χ0) is 38.9. The van der Waals surface area contributed by atoms with Crippen molar-refractivity contribution in [3.05, 3.63) is 224 Å². The van der Waals surface area contributed by atoms with Crippen molar-refractivity contribution >= 4 is 70.9 Å². The summed E-state index contributed by atoms with van der Waals surface area (Å²) < 4.78 is 0. The molecule has 0 saturated heterocycles. The zero-order valence-corrected chi connectivity index (χ0v) is 32.3. The Morgan fingerprint density at radius 2 is 0.881 bits per heavy atom. The second-order valence-electron chi connectivity index (χ2n) is 15.7. The maximum atomic E-state index is 3.81. The van der Waals surface area contributed by atoms with Crippen LogP contribution in [0.5, 0.6) is 0 Å². The van der Waals surface area contributed by atoms with E-state index < -0.39 is 0 Å². The van der Waals surface area contributed by atoms with Crippen LogP contribution in [0.25, 0.3) is 87.2 Å². The highest BCUT2D eigenvalue weighted by Crippen LogP contribution is 2.48. The third kappa shape index (κ3) is 5.41. The smallest absolute Gasteiger partial charge is 0.130 e. The normalized spacial score (nSPS) is 13.7. The van der Waals surface area contributed by atoms with Gasteiger partial charge in [0.15, 0.2) is 0 Å². The lowest BCUT2D eigenvalue weighted by Gasteiger charge is -2.27. The van der Waals surface area contributed by atoms with Crippen LogP contribution in [0.2, 0.25) is 0 Å². The molecule has 59 heavy (non-hydrogen) atoms. The molecule has 0 spiro atoms. The number of nitrogens with zero attached hydrogens (tertiary/aromatic N) is 1. The van der Waals surface area contributed by atoms with Crippen molar-refractivity contribution < 1.29 is 0 Å². The van der Waals surface area contributed by atoms with Crippen LogP contribution in [-0.4, -0.2) is 0 Å². The molecule has 1 aliphatic rings. The first-order valence-corrected chi connectivity index (χ1v) is 20.5. The van der Waals surface area contributed by atoms with Crippen molar-refractivity contribution in [2.24, 2.45) is 0 Å². The molecule has 0 aromatic heterocycles. The van der Waals surface area contributed by atoms with Gasteiger partial charge in [0, 0.05) is 5.69 Å². The van der Waals surface area contributed by atoms with Gasteiger partial charge in [-0.2, -0.15) is 0 Å². The Morgan fingerprint density at radius 1 is 0.339 bits per heavy atom. The molecule has 0 saturated carbocycles. The maximum absolute atomic E-state index is 3.81. The van der Waals surface area contributed by atoms with Crippen LogP contribution in [-0.2, 0) is 0 Å². The van der Waals surface area contributed by atoms with Gasteiger partial charge < -0.3 is 10.2 Å². The predicted octanol–water partition coefficient (Wildman–Crippen LogP) is 15.7. The molecule has 1 atom stereocenters. The third-order valence-electron chi connectivity index (χ3n) is 12.4. The van der Waals surface area contributed by atoms with E-state index in [0.717, 1.165) is 5.69 Å². The molecule has 11 aromatic rings. The first kappa shape index (κ1) is 33.5. The van der Waals surface area contributed by atoms with Crippen molar-refractivity contribution in [1.82, 2.24) is 0 Å². The molecule has 2 heteroatoms. The molecule has 1 aliphatic heterocycles. The van der Waals surface area contributed by atoms with Gasteiger partial charge >= 0.3 is 0 Å². The maximum Gasteiger partial charge on any atom is 0.130 e. The Hall–Kier alpha value is -7.68. The van der Waals surface area contributed by atoms with Gasteiger partial charge in [-0.25, -0.2) is 0 Å². The fourth-order valence-corrected chi connectivity index (χ4v) is 9.70. The van der Waals surface area contributed by atoms with Crippen molar-refractivity contribution in [3.8, 4) is 33.4 Å². The first-order valence-electron chi connectivity index (χ1n) is 20.5. The number of benzene rings is 11. The number of rotatable bonds is 5. The number of nitrogens with one attached hydrogen (secondary N) is 1. The van der Waals surface area contributed by atoms with Crippen LogP contribution in [0.15, 0.2) is 218 Å². The number of hydrogen-bond acceptors (Lipinski definition) is 2. The van der Waals surface area contributed by atoms with E-state index in [1.54, 1.807) is 0 Å². The van der Waals surface area contributed by atoms with Gasteiger partial charge in [-0.15, -0.1) is 0 Å². The summed E-state index contributed by atoms with van der Waals surface area (Å²) in [6, 6.07) is 80.2. The van der Waals surface area contributed by atoms with Crippen molar-refractivity contribution in [3.63, 3.8) is 0 Å². The van der Waals surface area contributed by atoms with Gasteiger partial charge in [0.1, 0.15) is 6.17 Å². The molecule has 0 fully saturated rings. The summed E-state index contributed by atoms with van der Waals surface area (Å²) in [5, 5.41) is 16.4. The van der Waals surface area contributed by atoms with Gasteiger partial charge in [-0.05, 0) is 135 Å². The van der Waals surface area contributed by atoms with Gasteiger partial charge in [0.25, 0.3) is 0 Å². The average Bonchev–Trinajstić information content (AvgIpc) is 3.70. The van der Waals surface area contributed by atoms with E-state index in [1.807, 2.05) is 0 Å². The van der Waals surface area contributed by atoms with E-state index in [2.05, 4.69) is 229 Å². The molecule has 1 heterocycles. The van der Waals surface area contributed by atoms with Crippen molar-refractivity contribution in [2.45, 2.75) is 6.17 Å². The van der Waals surface area contributed by atoms with E-state index in [9.17, 15) is 0 Å². The molecular weight excluding hydrogens is 713 g/mol. The second-order valence-corrected chi connectivity index (χ2v) is 15.7. The van der Waals surface area contributed by atoms with Crippen molar-refractivity contribution in [1.29, 1.82) is 0 Å². The van der Waals surface area contributed by atoms with E-state index in [1.165, 1.54) is 104 Å². The molecule has 2 nitrogen and oxygen atoms in total. The molecule has 12 rings (SSSR count). The molecule has 276 valence electrons. The first-order chi connectivity index (χ1) is 29.3. The highest BCUT2D eigenvalue weighted by molar-refractivity contribution is 6.23. The molecule has 0 amide bonds. The highest BCUT2D eigenvalue weighted by Gasteiger charge is 2.31. The summed E-state index contributed by atoms with van der Waals surface area (Å²) in [6.45, 7) is 0. The molecule has 11 aromatic carbocycles. The Labute approximate surface area is 343 Å². The molecule has 0 bridgehead atoms. The monoisotopic (exact) mass is 750 g/mol. The second kappa shape index (κ2) is 13.5. The lowest BCUT2D eigenvalue weighted by atomic mass is 9.85. The van der Waals surface area contributed by atoms with Crippen LogP contribution in [0.3, 0.4) is 0 Å². The molecule has 1 N–H and O–H groups in total.